The molecule has 5 nitrogen and oxygen atoms in total. The number of hydrogen-bond acceptors (Lipinski definition) is 2. The van der Waals surface area contributed by atoms with E-state index in [9.17, 15) is 4.39 Å². The lowest BCUT2D eigenvalue weighted by Crippen LogP contribution is -2.38. The highest BCUT2D eigenvalue weighted by Crippen LogP contribution is 2.09. The van der Waals surface area contributed by atoms with Crippen molar-refractivity contribution in [2.75, 3.05) is 20.1 Å². The maximum atomic E-state index is 12.9. The van der Waals surface area contributed by atoms with E-state index in [-0.39, 0.29) is 5.82 Å². The van der Waals surface area contributed by atoms with Gasteiger partial charge >= 0.3 is 0 Å². The van der Waals surface area contributed by atoms with Crippen LogP contribution in [0.2, 0.25) is 0 Å². The molecule has 0 atom stereocenters. The number of rotatable bonds is 7. The molecule has 0 bridgehead atoms. The Bertz CT molecular complexity index is 618. The molecule has 124 valence electrons. The van der Waals surface area contributed by atoms with Crippen molar-refractivity contribution in [2.24, 2.45) is 4.99 Å². The molecular weight excluding hydrogens is 293 g/mol. The van der Waals surface area contributed by atoms with Crippen molar-refractivity contribution in [2.45, 2.75) is 26.2 Å². The molecule has 1 heterocycles. The van der Waals surface area contributed by atoms with Gasteiger partial charge in [0.25, 0.3) is 0 Å². The summed E-state index contributed by atoms with van der Waals surface area (Å²) in [5, 5.41) is 11.0. The Hall–Kier alpha value is -2.37. The van der Waals surface area contributed by atoms with E-state index in [1.54, 1.807) is 23.9 Å². The van der Waals surface area contributed by atoms with Crippen molar-refractivity contribution in [3.63, 3.8) is 0 Å². The van der Waals surface area contributed by atoms with Crippen LogP contribution in [0.5, 0.6) is 0 Å². The van der Waals surface area contributed by atoms with Crippen molar-refractivity contribution < 1.29 is 4.39 Å². The first kappa shape index (κ1) is 17.0. The van der Waals surface area contributed by atoms with Crippen LogP contribution in [0.15, 0.2) is 41.5 Å². The van der Waals surface area contributed by atoms with Crippen molar-refractivity contribution in [1.29, 1.82) is 0 Å². The lowest BCUT2D eigenvalue weighted by molar-refractivity contribution is 0.627. The van der Waals surface area contributed by atoms with E-state index in [0.29, 0.717) is 0 Å². The Balaban J connectivity index is 1.81. The van der Waals surface area contributed by atoms with Gasteiger partial charge in [-0.15, -0.1) is 0 Å². The van der Waals surface area contributed by atoms with Crippen LogP contribution < -0.4 is 10.6 Å². The van der Waals surface area contributed by atoms with Gasteiger partial charge < -0.3 is 10.6 Å². The Morgan fingerprint density at radius 1 is 1.17 bits per heavy atom. The topological polar surface area (TPSA) is 54.2 Å². The minimum Gasteiger partial charge on any atom is -0.356 e. The zero-order valence-corrected chi connectivity index (χ0v) is 13.7. The molecule has 0 fully saturated rings. The predicted octanol–water partition coefficient (Wildman–Crippen LogP) is 2.52. The summed E-state index contributed by atoms with van der Waals surface area (Å²) in [7, 11) is 1.77. The molecule has 2 aromatic rings. The van der Waals surface area contributed by atoms with Gasteiger partial charge in [0.05, 0.1) is 11.4 Å². The number of hydrogen-bond donors (Lipinski definition) is 2. The monoisotopic (exact) mass is 317 g/mol. The minimum absolute atomic E-state index is 0.243. The fourth-order valence-corrected chi connectivity index (χ4v) is 2.15. The van der Waals surface area contributed by atoms with E-state index in [2.05, 4.69) is 27.6 Å². The summed E-state index contributed by atoms with van der Waals surface area (Å²) < 4.78 is 14.7. The summed E-state index contributed by atoms with van der Waals surface area (Å²) in [6.07, 6.45) is 4.97. The second kappa shape index (κ2) is 8.92. The second-order valence-corrected chi connectivity index (χ2v) is 5.26. The Morgan fingerprint density at radius 3 is 2.61 bits per heavy atom. The van der Waals surface area contributed by atoms with Crippen molar-refractivity contribution in [3.8, 4) is 5.69 Å². The molecule has 0 aliphatic carbocycles. The fourth-order valence-electron chi connectivity index (χ4n) is 2.15. The van der Waals surface area contributed by atoms with Gasteiger partial charge in [0.15, 0.2) is 5.96 Å². The maximum absolute atomic E-state index is 12.9. The van der Waals surface area contributed by atoms with Crippen LogP contribution in [0, 0.1) is 5.82 Å². The number of guanidine groups is 1. The summed E-state index contributed by atoms with van der Waals surface area (Å²) in [4.78, 5) is 4.19. The zero-order valence-electron chi connectivity index (χ0n) is 13.7. The van der Waals surface area contributed by atoms with Crippen molar-refractivity contribution in [3.05, 3.63) is 48.0 Å². The molecule has 0 amide bonds. The van der Waals surface area contributed by atoms with Crippen LogP contribution in [0.25, 0.3) is 5.69 Å². The minimum atomic E-state index is -0.243. The fraction of sp³-hybridized carbons (Fsp3) is 0.412. The average Bonchev–Trinajstić information content (AvgIpc) is 3.03. The third-order valence-electron chi connectivity index (χ3n) is 3.46. The molecule has 0 spiro atoms. The van der Waals surface area contributed by atoms with E-state index in [0.717, 1.165) is 49.7 Å². The Morgan fingerprint density at radius 2 is 1.91 bits per heavy atom. The molecule has 0 unspecified atom stereocenters. The molecule has 1 aromatic heterocycles. The van der Waals surface area contributed by atoms with Gasteiger partial charge in [0, 0.05) is 32.8 Å². The molecule has 0 saturated carbocycles. The largest absolute Gasteiger partial charge is 0.356 e. The summed E-state index contributed by atoms with van der Waals surface area (Å²) in [5.41, 5.74) is 1.83. The number of unbranched alkanes of at least 4 members (excludes halogenated alkanes) is 1. The van der Waals surface area contributed by atoms with Crippen LogP contribution in [-0.4, -0.2) is 35.9 Å². The van der Waals surface area contributed by atoms with E-state index < -0.39 is 0 Å². The highest BCUT2D eigenvalue weighted by Gasteiger charge is 2.03. The number of aliphatic imine (C=N–C) groups is 1. The molecule has 2 rings (SSSR count). The molecule has 0 aliphatic heterocycles. The number of nitrogens with one attached hydrogen (secondary N) is 2. The molecule has 0 saturated heterocycles. The van der Waals surface area contributed by atoms with E-state index >= 15 is 0 Å². The van der Waals surface area contributed by atoms with Crippen LogP contribution in [0.3, 0.4) is 0 Å². The van der Waals surface area contributed by atoms with Crippen LogP contribution in [0.1, 0.15) is 25.5 Å². The Labute approximate surface area is 136 Å². The average molecular weight is 317 g/mol. The molecule has 0 aliphatic rings. The summed E-state index contributed by atoms with van der Waals surface area (Å²) in [6.45, 7) is 3.84. The lowest BCUT2D eigenvalue weighted by Gasteiger charge is -2.10. The van der Waals surface area contributed by atoms with Crippen LogP contribution in [0.4, 0.5) is 4.39 Å². The van der Waals surface area contributed by atoms with E-state index in [1.165, 1.54) is 12.1 Å². The number of aromatic nitrogens is 2. The standard InChI is InChI=1S/C17H24FN5/c1-3-4-11-20-17(19-2)21-12-9-15-10-13-23(22-15)16-7-5-14(18)6-8-16/h5-8,10,13H,3-4,9,11-12H2,1-2H3,(H2,19,20,21). The molecule has 0 radical (unpaired) electrons. The summed E-state index contributed by atoms with van der Waals surface area (Å²) >= 11 is 0. The van der Waals surface area contributed by atoms with Gasteiger partial charge in [-0.3, -0.25) is 4.99 Å². The molecule has 23 heavy (non-hydrogen) atoms. The first-order valence-electron chi connectivity index (χ1n) is 7.98. The van der Waals surface area contributed by atoms with Gasteiger partial charge in [0.2, 0.25) is 0 Å². The van der Waals surface area contributed by atoms with Gasteiger partial charge in [-0.2, -0.15) is 5.10 Å². The highest BCUT2D eigenvalue weighted by molar-refractivity contribution is 5.79. The van der Waals surface area contributed by atoms with Gasteiger partial charge in [0.1, 0.15) is 5.82 Å². The lowest BCUT2D eigenvalue weighted by atomic mass is 10.3. The second-order valence-electron chi connectivity index (χ2n) is 5.26. The van der Waals surface area contributed by atoms with Gasteiger partial charge in [-0.05, 0) is 36.8 Å². The third-order valence-corrected chi connectivity index (χ3v) is 3.46. The molecular formula is C17H24FN5. The predicted molar refractivity (Wildman–Crippen MR) is 91.5 cm³/mol. The highest BCUT2D eigenvalue weighted by atomic mass is 19.1. The third kappa shape index (κ3) is 5.39. The van der Waals surface area contributed by atoms with Crippen LogP contribution in [-0.2, 0) is 6.42 Å². The number of benzene rings is 1. The number of halogens is 1. The van der Waals surface area contributed by atoms with Gasteiger partial charge in [-0.25, -0.2) is 9.07 Å². The SMILES string of the molecule is CCCCNC(=NC)NCCc1ccn(-c2ccc(F)cc2)n1. The molecule has 1 aromatic carbocycles. The zero-order chi connectivity index (χ0) is 16.5. The first-order chi connectivity index (χ1) is 11.2. The smallest absolute Gasteiger partial charge is 0.190 e. The molecule has 2 N–H and O–H groups in total. The molecule has 6 heteroatoms. The van der Waals surface area contributed by atoms with Gasteiger partial charge in [-0.1, -0.05) is 13.3 Å². The number of nitrogens with zero attached hydrogens (tertiary/aromatic N) is 3. The normalized spacial score (nSPS) is 11.5. The summed E-state index contributed by atoms with van der Waals surface area (Å²) in [6, 6.07) is 8.26. The van der Waals surface area contributed by atoms with Crippen molar-refractivity contribution in [1.82, 2.24) is 20.4 Å². The quantitative estimate of drug-likeness (QED) is 0.469. The first-order valence-corrected chi connectivity index (χ1v) is 7.98. The van der Waals surface area contributed by atoms with E-state index in [1.807, 2.05) is 12.3 Å². The van der Waals surface area contributed by atoms with E-state index in [4.69, 9.17) is 0 Å². The van der Waals surface area contributed by atoms with Crippen molar-refractivity contribution >= 4 is 5.96 Å². The van der Waals surface area contributed by atoms with Crippen LogP contribution >= 0.6 is 0 Å². The summed E-state index contributed by atoms with van der Waals surface area (Å²) in [5.74, 6) is 0.573. The maximum Gasteiger partial charge on any atom is 0.190 e. The Kier molecular flexibility index (Phi) is 6.59.